The third-order valence-corrected chi connectivity index (χ3v) is 5.21. The lowest BCUT2D eigenvalue weighted by Gasteiger charge is -2.17. The Kier molecular flexibility index (Phi) is 5.92. The number of aromatic amines is 1. The van der Waals surface area contributed by atoms with E-state index in [0.29, 0.717) is 24.0 Å². The first-order valence-electron chi connectivity index (χ1n) is 9.62. The Morgan fingerprint density at radius 1 is 1.23 bits per heavy atom. The van der Waals surface area contributed by atoms with Gasteiger partial charge in [0.1, 0.15) is 12.4 Å². The van der Waals surface area contributed by atoms with Crippen LogP contribution in [0.15, 0.2) is 36.4 Å². The Hall–Kier alpha value is -2.98. The predicted octanol–water partition coefficient (Wildman–Crippen LogP) is 4.60. The highest BCUT2D eigenvalue weighted by molar-refractivity contribution is 6.34. The maximum absolute atomic E-state index is 13.8. The number of hydrogen-bond acceptors (Lipinski definition) is 6. The van der Waals surface area contributed by atoms with Crippen LogP contribution in [0.5, 0.6) is 5.75 Å². The van der Waals surface area contributed by atoms with Gasteiger partial charge in [-0.1, -0.05) is 23.7 Å². The topological polar surface area (TPSA) is 101 Å². The van der Waals surface area contributed by atoms with Crippen molar-refractivity contribution < 1.29 is 17.9 Å². The van der Waals surface area contributed by atoms with Gasteiger partial charge >= 0.3 is 6.18 Å². The van der Waals surface area contributed by atoms with Crippen LogP contribution in [0.25, 0.3) is 11.1 Å². The molecule has 0 radical (unpaired) electrons. The molecule has 164 valence electrons. The van der Waals surface area contributed by atoms with Gasteiger partial charge in [-0.3, -0.25) is 0 Å². The minimum atomic E-state index is -4.63. The number of aromatic nitrogens is 3. The van der Waals surface area contributed by atoms with E-state index >= 15 is 0 Å². The Balaban J connectivity index is 1.60. The number of nitrogens with zero attached hydrogens (tertiary/aromatic N) is 2. The first kappa shape index (κ1) is 21.3. The zero-order valence-corrected chi connectivity index (χ0v) is 17.0. The van der Waals surface area contributed by atoms with Crippen LogP contribution in [0, 0.1) is 0 Å². The molecule has 1 aromatic heterocycles. The first-order valence-corrected chi connectivity index (χ1v) is 9.99. The van der Waals surface area contributed by atoms with Crippen molar-refractivity contribution in [3.63, 3.8) is 0 Å². The highest BCUT2D eigenvalue weighted by atomic mass is 35.5. The number of anilines is 3. The smallest absolute Gasteiger partial charge is 0.417 e. The lowest BCUT2D eigenvalue weighted by Crippen LogP contribution is -2.28. The van der Waals surface area contributed by atoms with E-state index in [1.165, 1.54) is 6.07 Å². The van der Waals surface area contributed by atoms with Gasteiger partial charge in [-0.15, -0.1) is 5.10 Å². The third kappa shape index (κ3) is 5.02. The summed E-state index contributed by atoms with van der Waals surface area (Å²) < 4.78 is 47.2. The molecule has 31 heavy (non-hydrogen) atoms. The second-order valence-corrected chi connectivity index (χ2v) is 7.58. The Bertz CT molecular complexity index is 1050. The highest BCUT2D eigenvalue weighted by Crippen LogP contribution is 2.43. The molecule has 4 rings (SSSR count). The number of nitrogens with two attached hydrogens (primary N) is 1. The molecule has 0 spiro atoms. The lowest BCUT2D eigenvalue weighted by atomic mass is 9.98. The van der Waals surface area contributed by atoms with Crippen LogP contribution in [0.1, 0.15) is 18.4 Å². The normalized spacial score (nSPS) is 16.5. The maximum Gasteiger partial charge on any atom is 0.417 e. The summed E-state index contributed by atoms with van der Waals surface area (Å²) in [5.41, 5.74) is 4.87. The highest BCUT2D eigenvalue weighted by Gasteiger charge is 2.35. The molecule has 0 aliphatic carbocycles. The van der Waals surface area contributed by atoms with Gasteiger partial charge in [-0.2, -0.15) is 18.2 Å². The van der Waals surface area contributed by atoms with Gasteiger partial charge in [-0.05, 0) is 49.2 Å². The molecule has 5 N–H and O–H groups in total. The van der Waals surface area contributed by atoms with E-state index in [4.69, 9.17) is 22.1 Å². The molecule has 0 bridgehead atoms. The molecule has 0 unspecified atom stereocenters. The van der Waals surface area contributed by atoms with Gasteiger partial charge in [0.2, 0.25) is 11.9 Å². The molecule has 0 amide bonds. The van der Waals surface area contributed by atoms with Crippen LogP contribution in [0.2, 0.25) is 5.02 Å². The average molecular weight is 453 g/mol. The number of alkyl halides is 3. The zero-order chi connectivity index (χ0) is 22.0. The van der Waals surface area contributed by atoms with Gasteiger partial charge in [0.05, 0.1) is 10.6 Å². The second kappa shape index (κ2) is 8.64. The number of rotatable bonds is 6. The quantitative estimate of drug-likeness (QED) is 0.436. The Morgan fingerprint density at radius 2 is 2.00 bits per heavy atom. The van der Waals surface area contributed by atoms with Crippen molar-refractivity contribution in [3.8, 4) is 16.9 Å². The monoisotopic (exact) mass is 452 g/mol. The summed E-state index contributed by atoms with van der Waals surface area (Å²) in [6, 6.07) is 9.06. The van der Waals surface area contributed by atoms with E-state index in [9.17, 15) is 13.2 Å². The van der Waals surface area contributed by atoms with Crippen molar-refractivity contribution in [3.05, 3.63) is 47.0 Å². The molecule has 1 aliphatic heterocycles. The molecule has 11 heteroatoms. The van der Waals surface area contributed by atoms with Crippen LogP contribution in [-0.4, -0.2) is 34.4 Å². The fourth-order valence-corrected chi connectivity index (χ4v) is 3.80. The minimum absolute atomic E-state index is 0.0345. The van der Waals surface area contributed by atoms with Gasteiger partial charge in [-0.25, -0.2) is 5.10 Å². The van der Waals surface area contributed by atoms with Crippen molar-refractivity contribution in [2.75, 3.05) is 24.2 Å². The summed E-state index contributed by atoms with van der Waals surface area (Å²) in [4.78, 5) is 3.82. The summed E-state index contributed by atoms with van der Waals surface area (Å²) in [6.45, 7) is 1.49. The SMILES string of the molecule is Nc1nc(Nc2cc(Cl)c(-c3ccc(OC[C@@H]4CCCN4)cc3)c(C(F)(F)F)c2)n[nH]1. The lowest BCUT2D eigenvalue weighted by molar-refractivity contribution is -0.137. The van der Waals surface area contributed by atoms with Crippen LogP contribution in [0.3, 0.4) is 0 Å². The van der Waals surface area contributed by atoms with Gasteiger partial charge in [0, 0.05) is 17.3 Å². The summed E-state index contributed by atoms with van der Waals surface area (Å²) in [6.07, 6.45) is -2.47. The van der Waals surface area contributed by atoms with Crippen molar-refractivity contribution >= 4 is 29.2 Å². The fraction of sp³-hybridized carbons (Fsp3) is 0.300. The summed E-state index contributed by atoms with van der Waals surface area (Å²) in [7, 11) is 0. The van der Waals surface area contributed by atoms with E-state index in [1.807, 2.05) is 0 Å². The van der Waals surface area contributed by atoms with Crippen LogP contribution < -0.4 is 21.1 Å². The Morgan fingerprint density at radius 3 is 2.61 bits per heavy atom. The molecule has 7 nitrogen and oxygen atoms in total. The molecule has 1 atom stereocenters. The van der Waals surface area contributed by atoms with E-state index in [1.54, 1.807) is 24.3 Å². The van der Waals surface area contributed by atoms with Crippen molar-refractivity contribution in [2.45, 2.75) is 25.1 Å². The number of nitrogen functional groups attached to an aromatic ring is 1. The van der Waals surface area contributed by atoms with E-state index in [2.05, 4.69) is 25.8 Å². The van der Waals surface area contributed by atoms with Gasteiger partial charge in [0.15, 0.2) is 0 Å². The third-order valence-electron chi connectivity index (χ3n) is 4.91. The Labute approximate surface area is 181 Å². The molecule has 3 aromatic rings. The van der Waals surface area contributed by atoms with Crippen molar-refractivity contribution in [1.82, 2.24) is 20.5 Å². The molecular weight excluding hydrogens is 433 g/mol. The van der Waals surface area contributed by atoms with Gasteiger partial charge in [0.25, 0.3) is 0 Å². The predicted molar refractivity (Wildman–Crippen MR) is 112 cm³/mol. The number of nitrogens with one attached hydrogen (secondary N) is 3. The van der Waals surface area contributed by atoms with Crippen LogP contribution in [-0.2, 0) is 6.18 Å². The molecule has 2 aromatic carbocycles. The largest absolute Gasteiger partial charge is 0.492 e. The molecule has 1 aliphatic rings. The maximum atomic E-state index is 13.8. The molecule has 2 heterocycles. The fourth-order valence-electron chi connectivity index (χ4n) is 3.47. The zero-order valence-electron chi connectivity index (χ0n) is 16.3. The first-order chi connectivity index (χ1) is 14.8. The molecular formula is C20H20ClF3N6O. The molecule has 1 fully saturated rings. The van der Waals surface area contributed by atoms with E-state index in [0.717, 1.165) is 25.5 Å². The summed E-state index contributed by atoms with van der Waals surface area (Å²) >= 11 is 6.28. The van der Waals surface area contributed by atoms with E-state index < -0.39 is 11.7 Å². The standard InChI is InChI=1S/C20H20ClF3N6O/c21-16-9-13(27-19-28-18(25)29-30-19)8-15(20(22,23)24)17(16)11-3-5-14(6-4-11)31-10-12-2-1-7-26-12/h3-6,8-9,12,26H,1-2,7,10H2,(H4,25,27,28,29,30)/t12-/m0/s1. The van der Waals surface area contributed by atoms with E-state index in [-0.39, 0.29) is 28.2 Å². The number of halogens is 4. The summed E-state index contributed by atoms with van der Waals surface area (Å²) in [5, 5.41) is 12.1. The second-order valence-electron chi connectivity index (χ2n) is 7.18. The van der Waals surface area contributed by atoms with Crippen LogP contribution in [0.4, 0.5) is 30.8 Å². The number of H-pyrrole nitrogens is 1. The number of hydrogen-bond donors (Lipinski definition) is 4. The number of ether oxygens (including phenoxy) is 1. The summed E-state index contributed by atoms with van der Waals surface area (Å²) in [5.74, 6) is 0.655. The van der Waals surface area contributed by atoms with Crippen LogP contribution >= 0.6 is 11.6 Å². The number of benzene rings is 2. The van der Waals surface area contributed by atoms with Crippen molar-refractivity contribution in [2.24, 2.45) is 0 Å². The molecule has 1 saturated heterocycles. The minimum Gasteiger partial charge on any atom is -0.492 e. The van der Waals surface area contributed by atoms with Gasteiger partial charge < -0.3 is 21.1 Å². The molecule has 0 saturated carbocycles. The van der Waals surface area contributed by atoms with Crippen molar-refractivity contribution in [1.29, 1.82) is 0 Å². The average Bonchev–Trinajstić information content (AvgIpc) is 3.37.